The van der Waals surface area contributed by atoms with E-state index in [9.17, 15) is 9.90 Å². The minimum atomic E-state index is -0.356. The summed E-state index contributed by atoms with van der Waals surface area (Å²) in [7, 11) is 1.41. The van der Waals surface area contributed by atoms with Crippen molar-refractivity contribution in [3.8, 4) is 11.5 Å². The first-order valence-corrected chi connectivity index (χ1v) is 6.29. The Labute approximate surface area is 126 Å². The van der Waals surface area contributed by atoms with Crippen molar-refractivity contribution in [2.45, 2.75) is 0 Å². The number of hydrogen-bond acceptors (Lipinski definition) is 5. The number of halogens is 1. The molecule has 21 heavy (non-hydrogen) atoms. The number of nitrogens with one attached hydrogen (secondary N) is 1. The van der Waals surface area contributed by atoms with Crippen LogP contribution >= 0.6 is 11.6 Å². The Balaban J connectivity index is 2.08. The minimum absolute atomic E-state index is 0.135. The molecule has 1 aromatic carbocycles. The zero-order chi connectivity index (χ0) is 15.2. The number of hydrazone groups is 1. The molecule has 0 spiro atoms. The van der Waals surface area contributed by atoms with Gasteiger partial charge in [0, 0.05) is 18.0 Å². The summed E-state index contributed by atoms with van der Waals surface area (Å²) in [5, 5.41) is 13.6. The van der Waals surface area contributed by atoms with Crippen molar-refractivity contribution >= 4 is 23.7 Å². The third-order valence-corrected chi connectivity index (χ3v) is 2.88. The van der Waals surface area contributed by atoms with E-state index in [1.54, 1.807) is 18.2 Å². The molecule has 2 rings (SSSR count). The fraction of sp³-hybridized carbons (Fsp3) is 0.0714. The molecule has 6 nitrogen and oxygen atoms in total. The average Bonchev–Trinajstić information content (AvgIpc) is 2.51. The van der Waals surface area contributed by atoms with Crippen LogP contribution in [0.15, 0.2) is 41.8 Å². The van der Waals surface area contributed by atoms with Gasteiger partial charge in [0.1, 0.15) is 0 Å². The Hall–Kier alpha value is -2.60. The normalized spacial score (nSPS) is 10.6. The summed E-state index contributed by atoms with van der Waals surface area (Å²) in [6, 6.07) is 6.20. The Morgan fingerprint density at radius 2 is 2.14 bits per heavy atom. The van der Waals surface area contributed by atoms with Crippen molar-refractivity contribution in [3.63, 3.8) is 0 Å². The monoisotopic (exact) mass is 305 g/mol. The molecule has 1 aromatic heterocycles. The zero-order valence-corrected chi connectivity index (χ0v) is 11.8. The van der Waals surface area contributed by atoms with Crippen molar-refractivity contribution in [2.75, 3.05) is 7.11 Å². The number of aromatic nitrogens is 1. The molecule has 2 aromatic rings. The maximum atomic E-state index is 11.7. The van der Waals surface area contributed by atoms with E-state index in [-0.39, 0.29) is 22.4 Å². The SMILES string of the molecule is COc1cc(/C=N\NC(=O)c2ccncc2)cc(Cl)c1O. The summed E-state index contributed by atoms with van der Waals surface area (Å²) in [5.41, 5.74) is 3.40. The molecule has 0 bridgehead atoms. The molecule has 0 unspecified atom stereocenters. The van der Waals surface area contributed by atoms with Crippen LogP contribution in [-0.4, -0.2) is 29.3 Å². The lowest BCUT2D eigenvalue weighted by Crippen LogP contribution is -2.17. The van der Waals surface area contributed by atoms with Crippen LogP contribution in [0.3, 0.4) is 0 Å². The van der Waals surface area contributed by atoms with E-state index in [2.05, 4.69) is 15.5 Å². The van der Waals surface area contributed by atoms with E-state index >= 15 is 0 Å². The predicted molar refractivity (Wildman–Crippen MR) is 79.0 cm³/mol. The van der Waals surface area contributed by atoms with Crippen LogP contribution < -0.4 is 10.2 Å². The molecule has 0 aliphatic rings. The molecular weight excluding hydrogens is 294 g/mol. The number of carbonyl (C=O) groups excluding carboxylic acids is 1. The van der Waals surface area contributed by atoms with Crippen LogP contribution in [0, 0.1) is 0 Å². The van der Waals surface area contributed by atoms with Gasteiger partial charge in [0.05, 0.1) is 18.3 Å². The van der Waals surface area contributed by atoms with E-state index < -0.39 is 0 Å². The summed E-state index contributed by atoms with van der Waals surface area (Å²) in [6.45, 7) is 0. The molecule has 108 valence electrons. The van der Waals surface area contributed by atoms with Gasteiger partial charge in [-0.1, -0.05) is 11.6 Å². The number of methoxy groups -OCH3 is 1. The van der Waals surface area contributed by atoms with Gasteiger partial charge in [-0.3, -0.25) is 9.78 Å². The van der Waals surface area contributed by atoms with E-state index in [4.69, 9.17) is 16.3 Å². The Bertz CT molecular complexity index is 675. The molecule has 0 radical (unpaired) electrons. The van der Waals surface area contributed by atoms with Gasteiger partial charge < -0.3 is 9.84 Å². The molecule has 0 aliphatic carbocycles. The van der Waals surface area contributed by atoms with Gasteiger partial charge in [-0.05, 0) is 29.8 Å². The van der Waals surface area contributed by atoms with Gasteiger partial charge in [-0.15, -0.1) is 0 Å². The highest BCUT2D eigenvalue weighted by molar-refractivity contribution is 6.32. The largest absolute Gasteiger partial charge is 0.503 e. The lowest BCUT2D eigenvalue weighted by molar-refractivity contribution is 0.0955. The van der Waals surface area contributed by atoms with Crippen LogP contribution in [0.2, 0.25) is 5.02 Å². The third kappa shape index (κ3) is 3.70. The lowest BCUT2D eigenvalue weighted by Gasteiger charge is -2.06. The number of aromatic hydroxyl groups is 1. The molecule has 0 saturated carbocycles. The molecule has 1 heterocycles. The second-order valence-corrected chi connectivity index (χ2v) is 4.40. The highest BCUT2D eigenvalue weighted by Crippen LogP contribution is 2.34. The molecule has 2 N–H and O–H groups in total. The molecule has 0 atom stereocenters. The molecular formula is C14H12ClN3O3. The predicted octanol–water partition coefficient (Wildman–Crippen LogP) is 2.21. The van der Waals surface area contributed by atoms with Gasteiger partial charge in [0.15, 0.2) is 11.5 Å². The van der Waals surface area contributed by atoms with Crippen molar-refractivity contribution in [1.29, 1.82) is 0 Å². The Morgan fingerprint density at radius 3 is 2.81 bits per heavy atom. The third-order valence-electron chi connectivity index (χ3n) is 2.59. The molecule has 0 saturated heterocycles. The zero-order valence-electron chi connectivity index (χ0n) is 11.1. The number of amides is 1. The van der Waals surface area contributed by atoms with Gasteiger partial charge in [-0.25, -0.2) is 5.43 Å². The lowest BCUT2D eigenvalue weighted by atomic mass is 10.2. The summed E-state index contributed by atoms with van der Waals surface area (Å²) >= 11 is 5.85. The number of benzene rings is 1. The van der Waals surface area contributed by atoms with Gasteiger partial charge >= 0.3 is 0 Å². The maximum absolute atomic E-state index is 11.7. The molecule has 7 heteroatoms. The standard InChI is InChI=1S/C14H12ClN3O3/c1-21-12-7-9(6-11(15)13(12)19)8-17-18-14(20)10-2-4-16-5-3-10/h2-8,19H,1H3,(H,18,20)/b17-8-. The van der Waals surface area contributed by atoms with Crippen LogP contribution in [-0.2, 0) is 0 Å². The first kappa shape index (κ1) is 14.8. The second-order valence-electron chi connectivity index (χ2n) is 3.99. The molecule has 0 fully saturated rings. The Kier molecular flexibility index (Phi) is 4.73. The first-order chi connectivity index (χ1) is 10.1. The van der Waals surface area contributed by atoms with Crippen LogP contribution in [0.4, 0.5) is 0 Å². The summed E-state index contributed by atoms with van der Waals surface area (Å²) < 4.78 is 4.97. The Morgan fingerprint density at radius 1 is 1.43 bits per heavy atom. The molecule has 0 aliphatic heterocycles. The quantitative estimate of drug-likeness (QED) is 0.670. The van der Waals surface area contributed by atoms with E-state index in [0.29, 0.717) is 11.1 Å². The van der Waals surface area contributed by atoms with Crippen molar-refractivity contribution < 1.29 is 14.6 Å². The minimum Gasteiger partial charge on any atom is -0.503 e. The average molecular weight is 306 g/mol. The number of hydrogen-bond donors (Lipinski definition) is 2. The topological polar surface area (TPSA) is 83.8 Å². The van der Waals surface area contributed by atoms with Crippen LogP contribution in [0.25, 0.3) is 0 Å². The summed E-state index contributed by atoms with van der Waals surface area (Å²) in [5.74, 6) is -0.271. The fourth-order valence-electron chi connectivity index (χ4n) is 1.56. The molecule has 1 amide bonds. The smallest absolute Gasteiger partial charge is 0.271 e. The number of ether oxygens (including phenoxy) is 1. The van der Waals surface area contributed by atoms with Gasteiger partial charge in [0.2, 0.25) is 0 Å². The van der Waals surface area contributed by atoms with E-state index in [1.165, 1.54) is 31.8 Å². The fourth-order valence-corrected chi connectivity index (χ4v) is 1.78. The van der Waals surface area contributed by atoms with Crippen LogP contribution in [0.1, 0.15) is 15.9 Å². The van der Waals surface area contributed by atoms with Crippen molar-refractivity contribution in [1.82, 2.24) is 10.4 Å². The first-order valence-electron chi connectivity index (χ1n) is 5.91. The highest BCUT2D eigenvalue weighted by atomic mass is 35.5. The summed E-state index contributed by atoms with van der Waals surface area (Å²) in [4.78, 5) is 15.6. The number of carbonyl (C=O) groups is 1. The van der Waals surface area contributed by atoms with Gasteiger partial charge in [-0.2, -0.15) is 5.10 Å². The second kappa shape index (κ2) is 6.71. The maximum Gasteiger partial charge on any atom is 0.271 e. The summed E-state index contributed by atoms with van der Waals surface area (Å²) in [6.07, 6.45) is 4.43. The highest BCUT2D eigenvalue weighted by Gasteiger charge is 2.08. The van der Waals surface area contributed by atoms with Gasteiger partial charge in [0.25, 0.3) is 5.91 Å². The number of phenols is 1. The number of rotatable bonds is 4. The van der Waals surface area contributed by atoms with E-state index in [1.807, 2.05) is 0 Å². The van der Waals surface area contributed by atoms with Crippen molar-refractivity contribution in [3.05, 3.63) is 52.8 Å². The number of nitrogens with zero attached hydrogens (tertiary/aromatic N) is 2. The van der Waals surface area contributed by atoms with Crippen LogP contribution in [0.5, 0.6) is 11.5 Å². The number of phenolic OH excluding ortho intramolecular Hbond substituents is 1. The number of pyridine rings is 1. The van der Waals surface area contributed by atoms with Crippen molar-refractivity contribution in [2.24, 2.45) is 5.10 Å². The van der Waals surface area contributed by atoms with E-state index in [0.717, 1.165) is 0 Å².